The summed E-state index contributed by atoms with van der Waals surface area (Å²) in [7, 11) is 0. The van der Waals surface area contributed by atoms with E-state index in [1.807, 2.05) is 11.5 Å². The smallest absolute Gasteiger partial charge is 0.265 e. The van der Waals surface area contributed by atoms with Gasteiger partial charge in [-0.1, -0.05) is 0 Å². The third-order valence-electron chi connectivity index (χ3n) is 3.15. The predicted molar refractivity (Wildman–Crippen MR) is 71.4 cm³/mol. The lowest BCUT2D eigenvalue weighted by Crippen LogP contribution is -2.14. The van der Waals surface area contributed by atoms with Crippen molar-refractivity contribution in [2.75, 3.05) is 0 Å². The summed E-state index contributed by atoms with van der Waals surface area (Å²) in [6.45, 7) is 2.83. The lowest BCUT2D eigenvalue weighted by atomic mass is 10.2. The third-order valence-corrected chi connectivity index (χ3v) is 3.91. The molecule has 1 fully saturated rings. The second-order valence-electron chi connectivity index (χ2n) is 4.45. The summed E-state index contributed by atoms with van der Waals surface area (Å²) in [6.07, 6.45) is 5.70. The Labute approximate surface area is 112 Å². The molecule has 1 aliphatic rings. The molecule has 0 bridgehead atoms. The largest absolute Gasteiger partial charge is 0.328 e. The van der Waals surface area contributed by atoms with Crippen LogP contribution >= 0.6 is 15.9 Å². The number of hydrogen-bond acceptors (Lipinski definition) is 3. The van der Waals surface area contributed by atoms with Gasteiger partial charge in [0.05, 0.1) is 18.2 Å². The van der Waals surface area contributed by atoms with E-state index in [-0.39, 0.29) is 5.56 Å². The number of nitrogens with one attached hydrogen (secondary N) is 1. The van der Waals surface area contributed by atoms with E-state index in [2.05, 4.69) is 30.9 Å². The van der Waals surface area contributed by atoms with Crippen molar-refractivity contribution < 1.29 is 0 Å². The Hall–Kier alpha value is -1.43. The third kappa shape index (κ3) is 1.90. The minimum Gasteiger partial charge on any atom is -0.328 e. The number of aromatic nitrogens is 4. The minimum absolute atomic E-state index is 0.120. The molecule has 2 heterocycles. The van der Waals surface area contributed by atoms with Crippen molar-refractivity contribution in [2.45, 2.75) is 32.2 Å². The molecular formula is C12H13BrN4O. The molecule has 5 nitrogen and oxygen atoms in total. The van der Waals surface area contributed by atoms with E-state index in [1.165, 1.54) is 0 Å². The number of imidazole rings is 1. The van der Waals surface area contributed by atoms with Gasteiger partial charge in [-0.15, -0.1) is 0 Å². The molecule has 0 spiro atoms. The Balaban J connectivity index is 2.15. The fourth-order valence-electron chi connectivity index (χ4n) is 1.99. The van der Waals surface area contributed by atoms with Crippen LogP contribution in [0.25, 0.3) is 11.5 Å². The van der Waals surface area contributed by atoms with E-state index in [4.69, 9.17) is 0 Å². The van der Waals surface area contributed by atoms with E-state index in [1.54, 1.807) is 12.5 Å². The molecule has 0 aliphatic heterocycles. The molecule has 0 amide bonds. The van der Waals surface area contributed by atoms with E-state index in [0.29, 0.717) is 16.2 Å². The van der Waals surface area contributed by atoms with Gasteiger partial charge in [0, 0.05) is 12.5 Å². The first-order valence-corrected chi connectivity index (χ1v) is 6.80. The molecule has 94 valence electrons. The average Bonchev–Trinajstić information content (AvgIpc) is 3.09. The quantitative estimate of drug-likeness (QED) is 0.946. The molecule has 18 heavy (non-hydrogen) atoms. The standard InChI is InChI=1S/C12H13BrN4O/c1-2-17-6-14-5-8(17)11-15-10(7-3-4-7)9(13)12(18)16-11/h5-7H,2-4H2,1H3,(H,15,16,18). The van der Waals surface area contributed by atoms with Crippen LogP contribution in [0, 0.1) is 0 Å². The van der Waals surface area contributed by atoms with Crippen LogP contribution in [0.4, 0.5) is 0 Å². The first-order valence-electron chi connectivity index (χ1n) is 6.01. The highest BCUT2D eigenvalue weighted by molar-refractivity contribution is 9.10. The number of halogens is 1. The van der Waals surface area contributed by atoms with Crippen molar-refractivity contribution in [1.82, 2.24) is 19.5 Å². The summed E-state index contributed by atoms with van der Waals surface area (Å²) in [5, 5.41) is 0. The van der Waals surface area contributed by atoms with Gasteiger partial charge in [0.1, 0.15) is 10.2 Å². The van der Waals surface area contributed by atoms with Gasteiger partial charge in [0.15, 0.2) is 5.82 Å². The molecule has 0 atom stereocenters. The van der Waals surface area contributed by atoms with Gasteiger partial charge in [-0.25, -0.2) is 9.97 Å². The molecule has 0 saturated heterocycles. The van der Waals surface area contributed by atoms with E-state index in [0.717, 1.165) is 30.8 Å². The van der Waals surface area contributed by atoms with E-state index < -0.39 is 0 Å². The van der Waals surface area contributed by atoms with Crippen molar-refractivity contribution >= 4 is 15.9 Å². The first-order chi connectivity index (χ1) is 8.70. The zero-order valence-electron chi connectivity index (χ0n) is 9.98. The average molecular weight is 309 g/mol. The predicted octanol–water partition coefficient (Wildman–Crippen LogP) is 2.29. The Morgan fingerprint density at radius 1 is 1.56 bits per heavy atom. The number of hydrogen-bond donors (Lipinski definition) is 1. The molecule has 0 unspecified atom stereocenters. The van der Waals surface area contributed by atoms with E-state index >= 15 is 0 Å². The summed E-state index contributed by atoms with van der Waals surface area (Å²) in [5.41, 5.74) is 1.60. The summed E-state index contributed by atoms with van der Waals surface area (Å²) >= 11 is 3.33. The molecule has 2 aromatic rings. The zero-order chi connectivity index (χ0) is 12.7. The van der Waals surface area contributed by atoms with Crippen molar-refractivity contribution in [3.8, 4) is 11.5 Å². The van der Waals surface area contributed by atoms with Gasteiger partial charge in [-0.3, -0.25) is 4.79 Å². The van der Waals surface area contributed by atoms with Crippen LogP contribution in [0.1, 0.15) is 31.4 Å². The topological polar surface area (TPSA) is 63.6 Å². The minimum atomic E-state index is -0.120. The fraction of sp³-hybridized carbons (Fsp3) is 0.417. The van der Waals surface area contributed by atoms with Gasteiger partial charge in [0.25, 0.3) is 5.56 Å². The van der Waals surface area contributed by atoms with Gasteiger partial charge in [-0.05, 0) is 35.7 Å². The number of H-pyrrole nitrogens is 1. The van der Waals surface area contributed by atoms with Crippen LogP contribution in [-0.4, -0.2) is 19.5 Å². The SMILES string of the molecule is CCn1cncc1-c1nc(C2CC2)c(Br)c(=O)[nH]1. The maximum absolute atomic E-state index is 11.9. The molecule has 1 N–H and O–H groups in total. The van der Waals surface area contributed by atoms with Crippen LogP contribution in [0.5, 0.6) is 0 Å². The van der Waals surface area contributed by atoms with Gasteiger partial charge in [-0.2, -0.15) is 0 Å². The highest BCUT2D eigenvalue weighted by Gasteiger charge is 2.29. The van der Waals surface area contributed by atoms with Crippen molar-refractivity contribution in [3.63, 3.8) is 0 Å². The maximum Gasteiger partial charge on any atom is 0.265 e. The first kappa shape index (κ1) is 11.6. The summed E-state index contributed by atoms with van der Waals surface area (Å²) in [6, 6.07) is 0. The highest BCUT2D eigenvalue weighted by Crippen LogP contribution is 2.41. The summed E-state index contributed by atoms with van der Waals surface area (Å²) in [4.78, 5) is 23.4. The molecule has 6 heteroatoms. The van der Waals surface area contributed by atoms with Crippen LogP contribution in [-0.2, 0) is 6.54 Å². The second-order valence-corrected chi connectivity index (χ2v) is 5.25. The monoisotopic (exact) mass is 308 g/mol. The molecular weight excluding hydrogens is 296 g/mol. The van der Waals surface area contributed by atoms with Gasteiger partial charge >= 0.3 is 0 Å². The summed E-state index contributed by atoms with van der Waals surface area (Å²) < 4.78 is 2.53. The lowest BCUT2D eigenvalue weighted by Gasteiger charge is -2.07. The molecule has 0 aromatic carbocycles. The number of rotatable bonds is 3. The number of nitrogens with zero attached hydrogens (tertiary/aromatic N) is 3. The lowest BCUT2D eigenvalue weighted by molar-refractivity contribution is 0.761. The Bertz CT molecular complexity index is 642. The van der Waals surface area contributed by atoms with Crippen molar-refractivity contribution in [2.24, 2.45) is 0 Å². The number of aryl methyl sites for hydroxylation is 1. The second kappa shape index (κ2) is 4.35. The molecule has 1 saturated carbocycles. The van der Waals surface area contributed by atoms with E-state index in [9.17, 15) is 4.79 Å². The van der Waals surface area contributed by atoms with Gasteiger partial charge in [0.2, 0.25) is 0 Å². The van der Waals surface area contributed by atoms with Crippen LogP contribution in [0.2, 0.25) is 0 Å². The van der Waals surface area contributed by atoms with Crippen molar-refractivity contribution in [1.29, 1.82) is 0 Å². The highest BCUT2D eigenvalue weighted by atomic mass is 79.9. The van der Waals surface area contributed by atoms with Crippen LogP contribution in [0.3, 0.4) is 0 Å². The zero-order valence-corrected chi connectivity index (χ0v) is 11.6. The Morgan fingerprint density at radius 2 is 2.33 bits per heavy atom. The van der Waals surface area contributed by atoms with Crippen LogP contribution in [0.15, 0.2) is 21.8 Å². The molecule has 1 aliphatic carbocycles. The molecule has 2 aromatic heterocycles. The van der Waals surface area contributed by atoms with Crippen molar-refractivity contribution in [3.05, 3.63) is 33.0 Å². The van der Waals surface area contributed by atoms with Crippen LogP contribution < -0.4 is 5.56 Å². The fourth-order valence-corrected chi connectivity index (χ4v) is 2.51. The molecule has 3 rings (SSSR count). The normalized spacial score (nSPS) is 15.0. The maximum atomic E-state index is 11.9. The number of aromatic amines is 1. The Morgan fingerprint density at radius 3 is 3.00 bits per heavy atom. The van der Waals surface area contributed by atoms with Gasteiger partial charge < -0.3 is 9.55 Å². The summed E-state index contributed by atoms with van der Waals surface area (Å²) in [5.74, 6) is 1.03. The molecule has 0 radical (unpaired) electrons. The Kier molecular flexibility index (Phi) is 2.81.